The maximum Gasteiger partial charge on any atom is 0.239 e. The Hall–Kier alpha value is -1.80. The first kappa shape index (κ1) is 22.4. The minimum atomic E-state index is -0.0601. The van der Waals surface area contributed by atoms with E-state index in [0.29, 0.717) is 12.5 Å². The maximum atomic E-state index is 12.1. The molecule has 166 valence electrons. The third-order valence-corrected chi connectivity index (χ3v) is 7.41. The Bertz CT molecular complexity index is 863. The van der Waals surface area contributed by atoms with Crippen molar-refractivity contribution in [3.63, 3.8) is 0 Å². The summed E-state index contributed by atoms with van der Waals surface area (Å²) in [6.45, 7) is 7.27. The summed E-state index contributed by atoms with van der Waals surface area (Å²) in [5, 5.41) is 0. The van der Waals surface area contributed by atoms with Crippen LogP contribution in [0, 0.1) is 3.57 Å². The van der Waals surface area contributed by atoms with Gasteiger partial charge in [0.05, 0.1) is 6.04 Å². The van der Waals surface area contributed by atoms with Crippen LogP contribution in [0.2, 0.25) is 0 Å². The van der Waals surface area contributed by atoms with E-state index in [1.54, 1.807) is 0 Å². The van der Waals surface area contributed by atoms with E-state index in [-0.39, 0.29) is 11.9 Å². The third kappa shape index (κ3) is 5.52. The molecule has 0 aromatic heterocycles. The van der Waals surface area contributed by atoms with Crippen LogP contribution in [0.3, 0.4) is 0 Å². The van der Waals surface area contributed by atoms with E-state index in [1.807, 2.05) is 18.9 Å². The van der Waals surface area contributed by atoms with Crippen LogP contribution < -0.4 is 9.64 Å². The van der Waals surface area contributed by atoms with Crippen molar-refractivity contribution < 1.29 is 9.53 Å². The van der Waals surface area contributed by atoms with Gasteiger partial charge >= 0.3 is 0 Å². The Morgan fingerprint density at radius 1 is 0.968 bits per heavy atom. The molecular formula is C25H32IN3O2. The van der Waals surface area contributed by atoms with E-state index in [9.17, 15) is 4.79 Å². The molecule has 0 radical (unpaired) electrons. The standard InChI is InChI=1S/C25H32IN3O2/c1-19-25(30)27(2)15-16-28(19)17-18-31-24-9-3-20(4-10-24)21-11-13-29(14-12-21)23-7-5-22(26)6-8-23/h3-10,19,21H,11-18H2,1-2H3/t19-/m1/s1. The van der Waals surface area contributed by atoms with E-state index in [0.717, 1.165) is 38.5 Å². The fourth-order valence-corrected chi connectivity index (χ4v) is 4.96. The zero-order valence-electron chi connectivity index (χ0n) is 18.5. The normalized spacial score (nSPS) is 20.9. The number of ether oxygens (including phenoxy) is 1. The minimum Gasteiger partial charge on any atom is -0.492 e. The molecule has 0 saturated carbocycles. The summed E-state index contributed by atoms with van der Waals surface area (Å²) >= 11 is 2.36. The highest BCUT2D eigenvalue weighted by molar-refractivity contribution is 14.1. The molecule has 1 amide bonds. The Balaban J connectivity index is 1.23. The van der Waals surface area contributed by atoms with Crippen molar-refractivity contribution in [2.45, 2.75) is 31.7 Å². The Labute approximate surface area is 199 Å². The van der Waals surface area contributed by atoms with Gasteiger partial charge < -0.3 is 14.5 Å². The Morgan fingerprint density at radius 2 is 1.65 bits per heavy atom. The van der Waals surface area contributed by atoms with Crippen LogP contribution in [-0.4, -0.2) is 68.1 Å². The van der Waals surface area contributed by atoms with E-state index >= 15 is 0 Å². The number of likely N-dealkylation sites (N-methyl/N-ethyl adjacent to an activating group) is 1. The zero-order chi connectivity index (χ0) is 21.8. The van der Waals surface area contributed by atoms with Crippen LogP contribution in [0.15, 0.2) is 48.5 Å². The van der Waals surface area contributed by atoms with E-state index < -0.39 is 0 Å². The summed E-state index contributed by atoms with van der Waals surface area (Å²) < 4.78 is 7.25. The van der Waals surface area contributed by atoms with Crippen LogP contribution in [0.25, 0.3) is 0 Å². The fraction of sp³-hybridized carbons (Fsp3) is 0.480. The first-order chi connectivity index (χ1) is 15.0. The molecule has 0 aliphatic carbocycles. The van der Waals surface area contributed by atoms with Gasteiger partial charge in [-0.05, 0) is 90.2 Å². The lowest BCUT2D eigenvalue weighted by atomic mass is 9.89. The van der Waals surface area contributed by atoms with Crippen molar-refractivity contribution >= 4 is 34.2 Å². The number of amides is 1. The van der Waals surface area contributed by atoms with Gasteiger partial charge in [0.15, 0.2) is 0 Å². The van der Waals surface area contributed by atoms with Crippen molar-refractivity contribution in [1.82, 2.24) is 9.80 Å². The number of nitrogens with zero attached hydrogens (tertiary/aromatic N) is 3. The molecule has 2 aromatic carbocycles. The van der Waals surface area contributed by atoms with Gasteiger partial charge in [-0.25, -0.2) is 0 Å². The number of hydrogen-bond acceptors (Lipinski definition) is 4. The number of carbonyl (C=O) groups excluding carboxylic acids is 1. The molecule has 2 saturated heterocycles. The van der Waals surface area contributed by atoms with Crippen LogP contribution in [0.4, 0.5) is 5.69 Å². The molecule has 0 unspecified atom stereocenters. The van der Waals surface area contributed by atoms with Crippen LogP contribution in [0.1, 0.15) is 31.2 Å². The van der Waals surface area contributed by atoms with Gasteiger partial charge in [0, 0.05) is 49.0 Å². The van der Waals surface area contributed by atoms with E-state index in [4.69, 9.17) is 4.74 Å². The monoisotopic (exact) mass is 533 g/mol. The predicted molar refractivity (Wildman–Crippen MR) is 134 cm³/mol. The van der Waals surface area contributed by atoms with Crippen molar-refractivity contribution in [1.29, 1.82) is 0 Å². The summed E-state index contributed by atoms with van der Waals surface area (Å²) in [7, 11) is 1.88. The quantitative estimate of drug-likeness (QED) is 0.522. The number of benzene rings is 2. The highest BCUT2D eigenvalue weighted by Crippen LogP contribution is 2.31. The first-order valence-corrected chi connectivity index (χ1v) is 12.3. The van der Waals surface area contributed by atoms with Gasteiger partial charge in [-0.15, -0.1) is 0 Å². The zero-order valence-corrected chi connectivity index (χ0v) is 20.6. The second-order valence-corrected chi connectivity index (χ2v) is 9.87. The summed E-state index contributed by atoms with van der Waals surface area (Å²) in [4.78, 5) is 18.6. The molecule has 0 spiro atoms. The molecule has 0 bridgehead atoms. The van der Waals surface area contributed by atoms with Gasteiger partial charge in [-0.3, -0.25) is 9.69 Å². The van der Waals surface area contributed by atoms with Crippen LogP contribution >= 0.6 is 22.6 Å². The Kier molecular flexibility index (Phi) is 7.38. The summed E-state index contributed by atoms with van der Waals surface area (Å²) in [5.74, 6) is 1.73. The molecular weight excluding hydrogens is 501 g/mol. The molecule has 2 aliphatic heterocycles. The molecule has 2 aromatic rings. The summed E-state index contributed by atoms with van der Waals surface area (Å²) in [5.41, 5.74) is 2.74. The number of rotatable bonds is 6. The first-order valence-electron chi connectivity index (χ1n) is 11.2. The molecule has 1 atom stereocenters. The second-order valence-electron chi connectivity index (χ2n) is 8.63. The number of anilines is 1. The topological polar surface area (TPSA) is 36.0 Å². The SMILES string of the molecule is C[C@@H]1C(=O)N(C)CCN1CCOc1ccc(C2CCN(c3ccc(I)cc3)CC2)cc1. The lowest BCUT2D eigenvalue weighted by molar-refractivity contribution is -0.139. The van der Waals surface area contributed by atoms with Crippen molar-refractivity contribution in [2.75, 3.05) is 51.3 Å². The van der Waals surface area contributed by atoms with Crippen LogP contribution in [-0.2, 0) is 4.79 Å². The van der Waals surface area contributed by atoms with Gasteiger partial charge in [-0.1, -0.05) is 12.1 Å². The third-order valence-electron chi connectivity index (χ3n) is 6.69. The molecule has 2 fully saturated rings. The summed E-state index contributed by atoms with van der Waals surface area (Å²) in [6.07, 6.45) is 2.36. The second kappa shape index (κ2) is 10.2. The lowest BCUT2D eigenvalue weighted by Gasteiger charge is -2.37. The average molecular weight is 533 g/mol. The Morgan fingerprint density at radius 3 is 2.32 bits per heavy atom. The largest absolute Gasteiger partial charge is 0.492 e. The minimum absolute atomic E-state index is 0.0601. The smallest absolute Gasteiger partial charge is 0.239 e. The molecule has 6 heteroatoms. The average Bonchev–Trinajstić information content (AvgIpc) is 2.80. The number of piperidine rings is 1. The fourth-order valence-electron chi connectivity index (χ4n) is 4.60. The van der Waals surface area contributed by atoms with Crippen molar-refractivity contribution in [2.24, 2.45) is 0 Å². The molecule has 4 rings (SSSR count). The molecule has 5 nitrogen and oxygen atoms in total. The molecule has 2 aliphatic rings. The van der Waals surface area contributed by atoms with Gasteiger partial charge in [0.2, 0.25) is 5.91 Å². The van der Waals surface area contributed by atoms with E-state index in [1.165, 1.54) is 27.7 Å². The number of piperazine rings is 1. The highest BCUT2D eigenvalue weighted by Gasteiger charge is 2.28. The maximum absolute atomic E-state index is 12.1. The molecule has 31 heavy (non-hydrogen) atoms. The van der Waals surface area contributed by atoms with Gasteiger partial charge in [0.25, 0.3) is 0 Å². The van der Waals surface area contributed by atoms with E-state index in [2.05, 4.69) is 80.9 Å². The highest BCUT2D eigenvalue weighted by atomic mass is 127. The molecule has 2 heterocycles. The molecule has 0 N–H and O–H groups in total. The number of hydrogen-bond donors (Lipinski definition) is 0. The van der Waals surface area contributed by atoms with Crippen molar-refractivity contribution in [3.8, 4) is 5.75 Å². The van der Waals surface area contributed by atoms with Gasteiger partial charge in [0.1, 0.15) is 12.4 Å². The summed E-state index contributed by atoms with van der Waals surface area (Å²) in [6, 6.07) is 17.4. The van der Waals surface area contributed by atoms with Gasteiger partial charge in [-0.2, -0.15) is 0 Å². The van der Waals surface area contributed by atoms with Crippen LogP contribution in [0.5, 0.6) is 5.75 Å². The lowest BCUT2D eigenvalue weighted by Crippen LogP contribution is -2.55. The predicted octanol–water partition coefficient (Wildman–Crippen LogP) is 4.22. The number of carbonyl (C=O) groups is 1. The number of halogens is 1. The van der Waals surface area contributed by atoms with Crippen molar-refractivity contribution in [3.05, 3.63) is 57.7 Å².